The van der Waals surface area contributed by atoms with Gasteiger partial charge in [0.25, 0.3) is 5.91 Å². The lowest BCUT2D eigenvalue weighted by molar-refractivity contribution is 0.0944. The van der Waals surface area contributed by atoms with E-state index in [1.165, 1.54) is 22.6 Å². The van der Waals surface area contributed by atoms with Gasteiger partial charge in [-0.15, -0.1) is 22.7 Å². The summed E-state index contributed by atoms with van der Waals surface area (Å²) < 4.78 is 0. The smallest absolute Gasteiger partial charge is 0.289 e. The molecule has 7 heteroatoms. The lowest BCUT2D eigenvalue weighted by Gasteiger charge is -2.18. The normalized spacial score (nSPS) is 14.4. The first-order valence-electron chi connectivity index (χ1n) is 8.54. The van der Waals surface area contributed by atoms with E-state index in [0.29, 0.717) is 6.54 Å². The monoisotopic (exact) mass is 372 g/mol. The second-order valence-electron chi connectivity index (χ2n) is 6.20. The van der Waals surface area contributed by atoms with Crippen LogP contribution in [0.3, 0.4) is 0 Å². The molecule has 4 rings (SSSR count). The molecule has 1 N–H and O–H groups in total. The van der Waals surface area contributed by atoms with Crippen LogP contribution in [-0.2, 0) is 6.42 Å². The van der Waals surface area contributed by atoms with Crippen LogP contribution in [-0.4, -0.2) is 35.5 Å². The van der Waals surface area contributed by atoms with Crippen molar-refractivity contribution >= 4 is 45.3 Å². The molecule has 0 atom stereocenters. The first-order chi connectivity index (χ1) is 12.2. The van der Waals surface area contributed by atoms with E-state index >= 15 is 0 Å². The summed E-state index contributed by atoms with van der Waals surface area (Å²) in [5, 5.41) is 8.13. The minimum atomic E-state index is -0.192. The number of thiophene rings is 2. The predicted molar refractivity (Wildman–Crippen MR) is 104 cm³/mol. The van der Waals surface area contributed by atoms with Gasteiger partial charge in [0.15, 0.2) is 0 Å². The van der Waals surface area contributed by atoms with Crippen molar-refractivity contribution in [2.24, 2.45) is 0 Å². The van der Waals surface area contributed by atoms with Gasteiger partial charge in [-0.2, -0.15) is 0 Å². The number of nitrogens with zero attached hydrogens (tertiary/aromatic N) is 3. The zero-order chi connectivity index (χ0) is 17.2. The summed E-state index contributed by atoms with van der Waals surface area (Å²) in [6, 6.07) is 4.11. The number of aryl methyl sites for hydroxylation is 1. The highest BCUT2D eigenvalue weighted by Crippen LogP contribution is 2.33. The van der Waals surface area contributed by atoms with Gasteiger partial charge in [0, 0.05) is 34.8 Å². The number of carbonyl (C=O) groups excluding carboxylic acids is 1. The van der Waals surface area contributed by atoms with E-state index in [4.69, 9.17) is 0 Å². The number of amides is 1. The highest BCUT2D eigenvalue weighted by atomic mass is 32.1. The number of anilines is 1. The average Bonchev–Trinajstić information content (AvgIpc) is 3.36. The van der Waals surface area contributed by atoms with Crippen molar-refractivity contribution in [3.05, 3.63) is 38.5 Å². The highest BCUT2D eigenvalue weighted by molar-refractivity contribution is 7.11. The molecule has 0 radical (unpaired) electrons. The highest BCUT2D eigenvalue weighted by Gasteiger charge is 2.22. The molecule has 0 spiro atoms. The first-order valence-corrected chi connectivity index (χ1v) is 10.3. The molecule has 1 fully saturated rings. The first kappa shape index (κ1) is 16.5. The van der Waals surface area contributed by atoms with Crippen molar-refractivity contribution < 1.29 is 4.79 Å². The number of hydrogen-bond acceptors (Lipinski definition) is 6. The molecule has 25 heavy (non-hydrogen) atoms. The molecule has 1 amide bonds. The van der Waals surface area contributed by atoms with E-state index in [0.717, 1.165) is 36.2 Å². The lowest BCUT2D eigenvalue weighted by atomic mass is 10.2. The SMILES string of the molecule is Cc1scc2nc(C(=O)NCCc3cccs3)nc(N3CCCC3)c12. The minimum absolute atomic E-state index is 0.192. The summed E-state index contributed by atoms with van der Waals surface area (Å²) in [6.45, 7) is 4.70. The Kier molecular flexibility index (Phi) is 4.67. The summed E-state index contributed by atoms with van der Waals surface area (Å²) in [7, 11) is 0. The fourth-order valence-corrected chi connectivity index (χ4v) is 4.67. The third-order valence-electron chi connectivity index (χ3n) is 4.46. The van der Waals surface area contributed by atoms with Crippen LogP contribution in [0.5, 0.6) is 0 Å². The molecule has 0 aliphatic carbocycles. The maximum atomic E-state index is 12.5. The van der Waals surface area contributed by atoms with Gasteiger partial charge in [-0.25, -0.2) is 9.97 Å². The van der Waals surface area contributed by atoms with Gasteiger partial charge in [0.05, 0.1) is 10.9 Å². The number of nitrogens with one attached hydrogen (secondary N) is 1. The number of fused-ring (bicyclic) bond motifs is 1. The number of rotatable bonds is 5. The van der Waals surface area contributed by atoms with Crippen LogP contribution in [0.4, 0.5) is 5.82 Å². The average molecular weight is 373 g/mol. The maximum Gasteiger partial charge on any atom is 0.289 e. The molecule has 1 saturated heterocycles. The molecule has 5 nitrogen and oxygen atoms in total. The Morgan fingerprint density at radius 1 is 1.28 bits per heavy atom. The zero-order valence-corrected chi connectivity index (χ0v) is 15.8. The molecule has 130 valence electrons. The van der Waals surface area contributed by atoms with E-state index in [2.05, 4.69) is 38.6 Å². The Bertz CT molecular complexity index is 882. The van der Waals surface area contributed by atoms with Crippen molar-refractivity contribution in [3.8, 4) is 0 Å². The Morgan fingerprint density at radius 3 is 2.88 bits per heavy atom. The van der Waals surface area contributed by atoms with Crippen molar-refractivity contribution in [3.63, 3.8) is 0 Å². The summed E-state index contributed by atoms with van der Waals surface area (Å²) in [4.78, 5) is 26.5. The Morgan fingerprint density at radius 2 is 2.12 bits per heavy atom. The van der Waals surface area contributed by atoms with Gasteiger partial charge >= 0.3 is 0 Å². The van der Waals surface area contributed by atoms with Gasteiger partial charge in [-0.3, -0.25) is 4.79 Å². The van der Waals surface area contributed by atoms with Crippen LogP contribution in [0, 0.1) is 6.92 Å². The van der Waals surface area contributed by atoms with Crippen LogP contribution in [0.15, 0.2) is 22.9 Å². The maximum absolute atomic E-state index is 12.5. The van der Waals surface area contributed by atoms with Gasteiger partial charge < -0.3 is 10.2 Å². The van der Waals surface area contributed by atoms with Crippen molar-refractivity contribution in [2.45, 2.75) is 26.2 Å². The summed E-state index contributed by atoms with van der Waals surface area (Å²) >= 11 is 3.37. The fourth-order valence-electron chi connectivity index (χ4n) is 3.18. The summed E-state index contributed by atoms with van der Waals surface area (Å²) in [5.41, 5.74) is 0.878. The standard InChI is InChI=1S/C18H20N4OS2/c1-12-15-14(11-25-12)20-16(21-17(15)22-8-2-3-9-22)18(23)19-7-6-13-5-4-10-24-13/h4-5,10-11H,2-3,6-9H2,1H3,(H,19,23). The van der Waals surface area contributed by atoms with Crippen LogP contribution in [0.1, 0.15) is 33.2 Å². The predicted octanol–water partition coefficient (Wildman–Crippen LogP) is 3.63. The zero-order valence-electron chi connectivity index (χ0n) is 14.1. The molecule has 1 aliphatic rings. The molecule has 3 aromatic heterocycles. The molecule has 3 aromatic rings. The van der Waals surface area contributed by atoms with E-state index in [-0.39, 0.29) is 11.7 Å². The molecule has 0 aromatic carbocycles. The summed E-state index contributed by atoms with van der Waals surface area (Å²) in [5.74, 6) is 1.01. The van der Waals surface area contributed by atoms with Gasteiger partial charge in [-0.05, 0) is 37.6 Å². The summed E-state index contributed by atoms with van der Waals surface area (Å²) in [6.07, 6.45) is 3.19. The van der Waals surface area contributed by atoms with E-state index in [1.807, 2.05) is 11.4 Å². The van der Waals surface area contributed by atoms with E-state index in [1.54, 1.807) is 22.7 Å². The fraction of sp³-hybridized carbons (Fsp3) is 0.389. The molecular weight excluding hydrogens is 352 g/mol. The van der Waals surface area contributed by atoms with Crippen LogP contribution in [0.25, 0.3) is 10.9 Å². The Labute approximate surface area is 154 Å². The molecule has 0 bridgehead atoms. The third kappa shape index (κ3) is 3.39. The topological polar surface area (TPSA) is 58.1 Å². The second-order valence-corrected chi connectivity index (χ2v) is 8.32. The Balaban J connectivity index is 1.57. The second kappa shape index (κ2) is 7.09. The molecule has 1 aliphatic heterocycles. The minimum Gasteiger partial charge on any atom is -0.356 e. The van der Waals surface area contributed by atoms with Crippen molar-refractivity contribution in [1.29, 1.82) is 0 Å². The number of carbonyl (C=O) groups is 1. The van der Waals surface area contributed by atoms with Crippen molar-refractivity contribution in [2.75, 3.05) is 24.5 Å². The Hall–Kier alpha value is -1.99. The molecule has 0 saturated carbocycles. The van der Waals surface area contributed by atoms with Gasteiger partial charge in [0.2, 0.25) is 5.82 Å². The van der Waals surface area contributed by atoms with Gasteiger partial charge in [-0.1, -0.05) is 6.07 Å². The molecular formula is C18H20N4OS2. The van der Waals surface area contributed by atoms with E-state index < -0.39 is 0 Å². The quantitative estimate of drug-likeness (QED) is 0.743. The van der Waals surface area contributed by atoms with Crippen LogP contribution >= 0.6 is 22.7 Å². The third-order valence-corrected chi connectivity index (χ3v) is 6.30. The molecule has 4 heterocycles. The van der Waals surface area contributed by atoms with E-state index in [9.17, 15) is 4.79 Å². The van der Waals surface area contributed by atoms with Crippen molar-refractivity contribution in [1.82, 2.24) is 15.3 Å². The lowest BCUT2D eigenvalue weighted by Crippen LogP contribution is -2.28. The van der Waals surface area contributed by atoms with Crippen LogP contribution in [0.2, 0.25) is 0 Å². The molecule has 0 unspecified atom stereocenters. The van der Waals surface area contributed by atoms with Crippen LogP contribution < -0.4 is 10.2 Å². The largest absolute Gasteiger partial charge is 0.356 e. The van der Waals surface area contributed by atoms with Gasteiger partial charge in [0.1, 0.15) is 5.82 Å². The number of aromatic nitrogens is 2. The number of hydrogen-bond donors (Lipinski definition) is 1.